The molecule has 2 atom stereocenters. The molecule has 0 bridgehead atoms. The number of aliphatic hydroxyl groups is 1. The molecule has 1 saturated carbocycles. The highest BCUT2D eigenvalue weighted by molar-refractivity contribution is 14.1. The molecule has 1 N–H and O–H groups in total. The molecule has 1 aliphatic heterocycles. The largest absolute Gasteiger partial charge is 0.368 e. The smallest absolute Gasteiger partial charge is 0.171 e. The number of hydrogen-bond donors (Lipinski definition) is 1. The average Bonchev–Trinajstić information content (AvgIpc) is 3.43. The van der Waals surface area contributed by atoms with Crippen molar-refractivity contribution in [3.63, 3.8) is 0 Å². The van der Waals surface area contributed by atoms with E-state index in [1.807, 2.05) is 18.1 Å². The number of aliphatic hydroxyl groups excluding tert-OH is 1. The molecule has 3 heterocycles. The lowest BCUT2D eigenvalue weighted by Gasteiger charge is -2.31. The summed E-state index contributed by atoms with van der Waals surface area (Å²) in [7, 11) is 0.836. The van der Waals surface area contributed by atoms with Crippen LogP contribution in [0.4, 0.5) is 5.69 Å². The van der Waals surface area contributed by atoms with Crippen molar-refractivity contribution in [2.45, 2.75) is 63.4 Å². The first kappa shape index (κ1) is 25.1. The molecule has 2 aromatic heterocycles. The molecule has 1 aliphatic carbocycles. The van der Waals surface area contributed by atoms with Gasteiger partial charge < -0.3 is 19.3 Å². The minimum Gasteiger partial charge on any atom is -0.368 e. The predicted octanol–water partition coefficient (Wildman–Crippen LogP) is 6.16. The minimum absolute atomic E-state index is 0.101. The Hall–Kier alpha value is -2.21. The molecule has 9 heteroatoms. The van der Waals surface area contributed by atoms with E-state index >= 15 is 0 Å². The van der Waals surface area contributed by atoms with Crippen LogP contribution in [-0.2, 0) is 18.5 Å². The Morgan fingerprint density at radius 2 is 1.86 bits per heavy atom. The van der Waals surface area contributed by atoms with Gasteiger partial charge in [-0.3, -0.25) is 4.68 Å². The van der Waals surface area contributed by atoms with Crippen LogP contribution in [0.15, 0.2) is 48.8 Å². The Bertz CT molecular complexity index is 1440. The van der Waals surface area contributed by atoms with Crippen molar-refractivity contribution < 1.29 is 9.84 Å². The maximum absolute atomic E-state index is 11.7. The van der Waals surface area contributed by atoms with Crippen LogP contribution in [0.2, 0.25) is 25.7 Å². The molecule has 0 radical (unpaired) electrons. The second kappa shape index (κ2) is 9.51. The fraction of sp³-hybridized carbons (Fsp3) is 0.429. The summed E-state index contributed by atoms with van der Waals surface area (Å²) in [5.41, 5.74) is 7.25. The number of fused-ring (bicyclic) bond motifs is 2. The Kier molecular flexibility index (Phi) is 6.45. The highest BCUT2D eigenvalue weighted by atomic mass is 127. The minimum atomic E-state index is -1.12. The van der Waals surface area contributed by atoms with E-state index in [-0.39, 0.29) is 6.04 Å². The monoisotopic (exact) mass is 627 g/mol. The molecule has 2 unspecified atom stereocenters. The maximum Gasteiger partial charge on any atom is 0.171 e. The molecule has 194 valence electrons. The molecule has 0 saturated heterocycles. The van der Waals surface area contributed by atoms with Gasteiger partial charge in [0.05, 0.1) is 34.8 Å². The van der Waals surface area contributed by atoms with Crippen molar-refractivity contribution in [2.75, 3.05) is 11.5 Å². The van der Waals surface area contributed by atoms with Gasteiger partial charge in [0.25, 0.3) is 0 Å². The molecule has 2 aliphatic rings. The van der Waals surface area contributed by atoms with E-state index < -0.39 is 14.3 Å². The summed E-state index contributed by atoms with van der Waals surface area (Å²) in [5, 5.41) is 16.6. The van der Waals surface area contributed by atoms with E-state index in [2.05, 4.69) is 99.1 Å². The zero-order chi connectivity index (χ0) is 25.9. The Morgan fingerprint density at radius 1 is 1.11 bits per heavy atom. The van der Waals surface area contributed by atoms with Crippen LogP contribution in [-0.4, -0.2) is 39.1 Å². The van der Waals surface area contributed by atoms with Crippen molar-refractivity contribution in [3.8, 4) is 0 Å². The summed E-state index contributed by atoms with van der Waals surface area (Å²) >= 11 is 2.34. The predicted molar refractivity (Wildman–Crippen MR) is 157 cm³/mol. The Labute approximate surface area is 232 Å². The highest BCUT2D eigenvalue weighted by Gasteiger charge is 2.46. The first-order valence-corrected chi connectivity index (χ1v) is 17.8. The number of aromatic nitrogens is 4. The van der Waals surface area contributed by atoms with Gasteiger partial charge in [0.15, 0.2) is 6.23 Å². The van der Waals surface area contributed by atoms with Crippen molar-refractivity contribution in [2.24, 2.45) is 7.05 Å². The summed E-state index contributed by atoms with van der Waals surface area (Å²) in [6, 6.07) is 16.0. The molecule has 37 heavy (non-hydrogen) atoms. The SMILES string of the molecule is Cn1nc(C2CC2)c2c1C(O)N(c1ccc3c(c1)ncn3COCC[Si](C)(C)C)C2c1ccc(I)cc1. The quantitative estimate of drug-likeness (QED) is 0.144. The number of rotatable bonds is 8. The van der Waals surface area contributed by atoms with Gasteiger partial charge in [-0.1, -0.05) is 31.8 Å². The topological polar surface area (TPSA) is 68.3 Å². The van der Waals surface area contributed by atoms with Gasteiger partial charge in [-0.25, -0.2) is 4.98 Å². The highest BCUT2D eigenvalue weighted by Crippen LogP contribution is 2.53. The standard InChI is InChI=1S/C28H34IN5O2Si/c1-32-27-24(25(31-32)18-5-6-18)26(19-7-9-20(29)10-8-19)34(28(27)35)21-11-12-23-22(15-21)30-16-33(23)17-36-13-14-37(2,3)4/h7-12,15-16,18,26,28,35H,5-6,13-14,17H2,1-4H3. The normalized spacial score (nSPS) is 19.7. The van der Waals surface area contributed by atoms with Gasteiger partial charge in [0.1, 0.15) is 6.73 Å². The number of ether oxygens (including phenoxy) is 1. The summed E-state index contributed by atoms with van der Waals surface area (Å²) < 4.78 is 11.1. The Balaban J connectivity index is 1.35. The molecule has 1 fully saturated rings. The lowest BCUT2D eigenvalue weighted by molar-refractivity contribution is 0.0898. The molecule has 4 aromatic rings. The van der Waals surface area contributed by atoms with Crippen molar-refractivity contribution in [1.29, 1.82) is 0 Å². The third kappa shape index (κ3) is 4.75. The van der Waals surface area contributed by atoms with E-state index in [4.69, 9.17) is 9.84 Å². The zero-order valence-electron chi connectivity index (χ0n) is 21.9. The van der Waals surface area contributed by atoms with Gasteiger partial charge in [0, 0.05) is 42.5 Å². The van der Waals surface area contributed by atoms with Crippen LogP contribution in [0.1, 0.15) is 53.5 Å². The van der Waals surface area contributed by atoms with Gasteiger partial charge in [-0.15, -0.1) is 0 Å². The number of benzene rings is 2. The number of hydrogen-bond acceptors (Lipinski definition) is 5. The van der Waals surface area contributed by atoms with E-state index in [1.165, 1.54) is 22.0 Å². The summed E-state index contributed by atoms with van der Waals surface area (Å²) in [4.78, 5) is 6.82. The average molecular weight is 628 g/mol. The van der Waals surface area contributed by atoms with Crippen LogP contribution in [0.25, 0.3) is 11.0 Å². The van der Waals surface area contributed by atoms with Crippen molar-refractivity contribution >= 4 is 47.4 Å². The number of imidazole rings is 1. The fourth-order valence-electron chi connectivity index (χ4n) is 5.35. The van der Waals surface area contributed by atoms with Crippen molar-refractivity contribution in [1.82, 2.24) is 19.3 Å². The molecular formula is C28H34IN5O2Si. The lowest BCUT2D eigenvalue weighted by Crippen LogP contribution is -2.28. The van der Waals surface area contributed by atoms with E-state index in [9.17, 15) is 5.11 Å². The van der Waals surface area contributed by atoms with Crippen LogP contribution < -0.4 is 4.90 Å². The number of halogens is 1. The van der Waals surface area contributed by atoms with E-state index in [1.54, 1.807) is 0 Å². The van der Waals surface area contributed by atoms with Gasteiger partial charge in [-0.2, -0.15) is 5.10 Å². The maximum atomic E-state index is 11.7. The number of aryl methyl sites for hydroxylation is 1. The van der Waals surface area contributed by atoms with Gasteiger partial charge in [0.2, 0.25) is 0 Å². The molecule has 0 spiro atoms. The van der Waals surface area contributed by atoms with E-state index in [0.29, 0.717) is 12.6 Å². The molecule has 7 nitrogen and oxygen atoms in total. The van der Waals surface area contributed by atoms with Gasteiger partial charge in [-0.05, 0) is 77.4 Å². The third-order valence-corrected chi connectivity index (χ3v) is 9.92. The summed E-state index contributed by atoms with van der Waals surface area (Å²) in [5.74, 6) is 0.493. The zero-order valence-corrected chi connectivity index (χ0v) is 25.0. The first-order chi connectivity index (χ1) is 17.7. The molecule has 0 amide bonds. The van der Waals surface area contributed by atoms with Gasteiger partial charge >= 0.3 is 0 Å². The number of anilines is 1. The first-order valence-electron chi connectivity index (χ1n) is 13.0. The number of nitrogens with zero attached hydrogens (tertiary/aromatic N) is 5. The van der Waals surface area contributed by atoms with Crippen LogP contribution in [0.3, 0.4) is 0 Å². The van der Waals surface area contributed by atoms with Crippen LogP contribution in [0, 0.1) is 3.57 Å². The fourth-order valence-corrected chi connectivity index (χ4v) is 6.47. The third-order valence-electron chi connectivity index (χ3n) is 7.50. The molecule has 2 aromatic carbocycles. The second-order valence-corrected chi connectivity index (χ2v) is 18.4. The molecule has 6 rings (SSSR count). The van der Waals surface area contributed by atoms with Crippen LogP contribution in [0.5, 0.6) is 0 Å². The lowest BCUT2D eigenvalue weighted by atomic mass is 9.97. The summed E-state index contributed by atoms with van der Waals surface area (Å²) in [6.45, 7) is 8.37. The van der Waals surface area contributed by atoms with Crippen LogP contribution >= 0.6 is 22.6 Å². The van der Waals surface area contributed by atoms with E-state index in [0.717, 1.165) is 46.3 Å². The van der Waals surface area contributed by atoms with Crippen molar-refractivity contribution in [3.05, 3.63) is 74.9 Å². The molecular weight excluding hydrogens is 593 g/mol. The Morgan fingerprint density at radius 3 is 2.57 bits per heavy atom. The summed E-state index contributed by atoms with van der Waals surface area (Å²) in [6.07, 6.45) is 3.41. The second-order valence-electron chi connectivity index (χ2n) is 11.6.